The molecule has 5 heteroatoms. The van der Waals surface area contributed by atoms with Crippen molar-refractivity contribution >= 4 is 11.9 Å². The van der Waals surface area contributed by atoms with Crippen molar-refractivity contribution in [2.75, 3.05) is 13.7 Å². The lowest BCUT2D eigenvalue weighted by Crippen LogP contribution is -2.68. The largest absolute Gasteiger partial charge is 0.467 e. The number of hydrogen-bond donors (Lipinski definition) is 1. The number of esters is 1. The maximum Gasteiger partial charge on any atom is 0.334 e. The van der Waals surface area contributed by atoms with Crippen LogP contribution in [-0.4, -0.2) is 37.2 Å². The Kier molecular flexibility index (Phi) is 4.29. The van der Waals surface area contributed by atoms with E-state index in [0.29, 0.717) is 13.0 Å². The van der Waals surface area contributed by atoms with Crippen molar-refractivity contribution in [3.63, 3.8) is 0 Å². The fourth-order valence-corrected chi connectivity index (χ4v) is 1.96. The molecule has 1 rings (SSSR count). The van der Waals surface area contributed by atoms with Gasteiger partial charge in [0.2, 0.25) is 5.91 Å². The zero-order valence-electron chi connectivity index (χ0n) is 10.0. The summed E-state index contributed by atoms with van der Waals surface area (Å²) in [5.74, 6) is -0.662. The van der Waals surface area contributed by atoms with E-state index in [0.717, 1.165) is 12.8 Å². The molecule has 1 fully saturated rings. The maximum atomic E-state index is 11.7. The van der Waals surface area contributed by atoms with Crippen LogP contribution < -0.4 is 5.32 Å². The van der Waals surface area contributed by atoms with Crippen LogP contribution in [0.2, 0.25) is 0 Å². The molecule has 0 spiro atoms. The smallest absolute Gasteiger partial charge is 0.334 e. The van der Waals surface area contributed by atoms with Gasteiger partial charge in [-0.1, -0.05) is 6.92 Å². The summed E-state index contributed by atoms with van der Waals surface area (Å²) < 4.78 is 10.3. The molecule has 0 bridgehead atoms. The Bertz CT molecular complexity index is 279. The molecule has 5 nitrogen and oxygen atoms in total. The van der Waals surface area contributed by atoms with Gasteiger partial charge in [0, 0.05) is 13.5 Å². The molecule has 1 saturated carbocycles. The molecule has 0 unspecified atom stereocenters. The van der Waals surface area contributed by atoms with E-state index < -0.39 is 11.5 Å². The summed E-state index contributed by atoms with van der Waals surface area (Å²) in [6.07, 6.45) is 1.97. The van der Waals surface area contributed by atoms with Gasteiger partial charge in [0.1, 0.15) is 0 Å². The van der Waals surface area contributed by atoms with Crippen molar-refractivity contribution < 1.29 is 19.1 Å². The van der Waals surface area contributed by atoms with E-state index in [1.807, 2.05) is 6.92 Å². The highest BCUT2D eigenvalue weighted by Gasteiger charge is 2.55. The monoisotopic (exact) mass is 229 g/mol. The van der Waals surface area contributed by atoms with Gasteiger partial charge in [-0.25, -0.2) is 4.79 Å². The first-order valence-electron chi connectivity index (χ1n) is 5.55. The van der Waals surface area contributed by atoms with Crippen LogP contribution in [-0.2, 0) is 19.1 Å². The normalized spacial score (nSPS) is 28.1. The van der Waals surface area contributed by atoms with Gasteiger partial charge in [-0.3, -0.25) is 4.79 Å². The predicted octanol–water partition coefficient (Wildman–Crippen LogP) is 0.623. The quantitative estimate of drug-likeness (QED) is 0.702. The molecule has 1 aliphatic carbocycles. The van der Waals surface area contributed by atoms with Crippen LogP contribution >= 0.6 is 0 Å². The molecule has 1 aliphatic rings. The van der Waals surface area contributed by atoms with Gasteiger partial charge < -0.3 is 14.8 Å². The molecule has 2 atom stereocenters. The third-order valence-corrected chi connectivity index (χ3v) is 2.82. The van der Waals surface area contributed by atoms with E-state index >= 15 is 0 Å². The third kappa shape index (κ3) is 2.35. The van der Waals surface area contributed by atoms with E-state index in [4.69, 9.17) is 9.47 Å². The lowest BCUT2D eigenvalue weighted by Gasteiger charge is -2.46. The Labute approximate surface area is 95.5 Å². The molecular formula is C11H19NO4. The zero-order chi connectivity index (χ0) is 12.2. The first kappa shape index (κ1) is 13.0. The van der Waals surface area contributed by atoms with Crippen molar-refractivity contribution in [2.45, 2.75) is 44.8 Å². The van der Waals surface area contributed by atoms with Gasteiger partial charge in [0.15, 0.2) is 5.54 Å². The third-order valence-electron chi connectivity index (χ3n) is 2.82. The fraction of sp³-hybridized carbons (Fsp3) is 0.818. The minimum atomic E-state index is -0.963. The Balaban J connectivity index is 2.71. The van der Waals surface area contributed by atoms with E-state index in [-0.39, 0.29) is 12.0 Å². The topological polar surface area (TPSA) is 64.6 Å². The van der Waals surface area contributed by atoms with Crippen molar-refractivity contribution in [1.29, 1.82) is 0 Å². The molecule has 92 valence electrons. The predicted molar refractivity (Wildman–Crippen MR) is 57.8 cm³/mol. The summed E-state index contributed by atoms with van der Waals surface area (Å²) in [4.78, 5) is 22.8. The zero-order valence-corrected chi connectivity index (χ0v) is 10.0. The molecule has 0 aromatic carbocycles. The van der Waals surface area contributed by atoms with Crippen LogP contribution in [0.15, 0.2) is 0 Å². The number of hydrogen-bond acceptors (Lipinski definition) is 4. The SMILES string of the molecule is CCCO[C@@H]1CC[C@]1(NC(C)=O)C(=O)OC. The van der Waals surface area contributed by atoms with Crippen LogP contribution in [0.1, 0.15) is 33.1 Å². The van der Waals surface area contributed by atoms with Crippen molar-refractivity contribution in [2.24, 2.45) is 0 Å². The highest BCUT2D eigenvalue weighted by atomic mass is 16.5. The molecule has 1 N–H and O–H groups in total. The summed E-state index contributed by atoms with van der Waals surface area (Å²) in [6.45, 7) is 3.97. The number of rotatable bonds is 5. The molecular weight excluding hydrogens is 210 g/mol. The summed E-state index contributed by atoms with van der Waals surface area (Å²) in [5, 5.41) is 2.66. The van der Waals surface area contributed by atoms with Crippen molar-refractivity contribution in [3.8, 4) is 0 Å². The summed E-state index contributed by atoms with van der Waals surface area (Å²) in [5.41, 5.74) is -0.963. The standard InChI is InChI=1S/C11H19NO4/c1-4-7-16-9-5-6-11(9,10(14)15-3)12-8(2)13/h9H,4-7H2,1-3H3,(H,12,13)/t9-,11-/m1/s1. The Morgan fingerprint density at radius 3 is 2.56 bits per heavy atom. The van der Waals surface area contributed by atoms with Gasteiger partial charge >= 0.3 is 5.97 Å². The molecule has 0 aliphatic heterocycles. The Morgan fingerprint density at radius 2 is 2.19 bits per heavy atom. The van der Waals surface area contributed by atoms with E-state index in [2.05, 4.69) is 5.32 Å². The summed E-state index contributed by atoms with van der Waals surface area (Å²) in [6, 6.07) is 0. The van der Waals surface area contributed by atoms with E-state index in [1.165, 1.54) is 14.0 Å². The van der Waals surface area contributed by atoms with Gasteiger partial charge in [-0.05, 0) is 19.3 Å². The first-order valence-corrected chi connectivity index (χ1v) is 5.55. The van der Waals surface area contributed by atoms with Crippen molar-refractivity contribution in [1.82, 2.24) is 5.32 Å². The van der Waals surface area contributed by atoms with Gasteiger partial charge in [-0.15, -0.1) is 0 Å². The number of ether oxygens (including phenoxy) is 2. The highest BCUT2D eigenvalue weighted by Crippen LogP contribution is 2.36. The second-order valence-electron chi connectivity index (χ2n) is 4.04. The Morgan fingerprint density at radius 1 is 1.50 bits per heavy atom. The molecule has 0 heterocycles. The number of carbonyl (C=O) groups is 2. The lowest BCUT2D eigenvalue weighted by molar-refractivity contribution is -0.170. The Hall–Kier alpha value is -1.10. The molecule has 0 saturated heterocycles. The minimum absolute atomic E-state index is 0.241. The van der Waals surface area contributed by atoms with Gasteiger partial charge in [0.25, 0.3) is 0 Å². The van der Waals surface area contributed by atoms with Crippen LogP contribution in [0.4, 0.5) is 0 Å². The maximum absolute atomic E-state index is 11.7. The molecule has 0 aromatic rings. The first-order chi connectivity index (χ1) is 7.56. The molecule has 16 heavy (non-hydrogen) atoms. The van der Waals surface area contributed by atoms with E-state index in [1.54, 1.807) is 0 Å². The summed E-state index contributed by atoms with van der Waals surface area (Å²) in [7, 11) is 1.32. The molecule has 1 amide bonds. The molecule has 0 aromatic heterocycles. The molecule has 0 radical (unpaired) electrons. The summed E-state index contributed by atoms with van der Waals surface area (Å²) >= 11 is 0. The average Bonchev–Trinajstić information content (AvgIpc) is 2.23. The van der Waals surface area contributed by atoms with Crippen LogP contribution in [0.25, 0.3) is 0 Å². The number of amides is 1. The van der Waals surface area contributed by atoms with Crippen molar-refractivity contribution in [3.05, 3.63) is 0 Å². The second-order valence-corrected chi connectivity index (χ2v) is 4.04. The second kappa shape index (κ2) is 5.30. The van der Waals surface area contributed by atoms with Gasteiger partial charge in [-0.2, -0.15) is 0 Å². The van der Waals surface area contributed by atoms with E-state index in [9.17, 15) is 9.59 Å². The number of methoxy groups -OCH3 is 1. The van der Waals surface area contributed by atoms with Crippen LogP contribution in [0.5, 0.6) is 0 Å². The van der Waals surface area contributed by atoms with Gasteiger partial charge in [0.05, 0.1) is 13.2 Å². The van der Waals surface area contributed by atoms with Crippen LogP contribution in [0.3, 0.4) is 0 Å². The fourth-order valence-electron chi connectivity index (χ4n) is 1.96. The van der Waals surface area contributed by atoms with Crippen LogP contribution in [0, 0.1) is 0 Å². The lowest BCUT2D eigenvalue weighted by atomic mass is 9.73. The highest BCUT2D eigenvalue weighted by molar-refractivity contribution is 5.89. The number of carbonyl (C=O) groups excluding carboxylic acids is 2. The average molecular weight is 229 g/mol. The minimum Gasteiger partial charge on any atom is -0.467 e. The number of nitrogens with one attached hydrogen (secondary N) is 1.